The maximum absolute atomic E-state index is 4.64. The van der Waals surface area contributed by atoms with Gasteiger partial charge < -0.3 is 40.2 Å². The summed E-state index contributed by atoms with van der Waals surface area (Å²) in [7, 11) is 8.01. The fourth-order valence-electron chi connectivity index (χ4n) is 15.8. The van der Waals surface area contributed by atoms with E-state index < -0.39 is 0 Å². The van der Waals surface area contributed by atoms with E-state index in [1.165, 1.54) is 37.1 Å². The highest BCUT2D eigenvalue weighted by molar-refractivity contribution is 5.68. The molecule has 2 aliphatic heterocycles. The van der Waals surface area contributed by atoms with Gasteiger partial charge in [-0.15, -0.1) is 0 Å². The minimum absolute atomic E-state index is 0.793. The quantitative estimate of drug-likeness (QED) is 0.0221. The average molecular weight is 1680 g/mol. The molecule has 2 aliphatic rings. The zero-order valence-corrected chi connectivity index (χ0v) is 72.1. The number of anilines is 10. The Kier molecular flexibility index (Phi) is 26.8. The first-order valence-corrected chi connectivity index (χ1v) is 43.6. The second-order valence-corrected chi connectivity index (χ2v) is 32.0. The molecule has 0 amide bonds. The Morgan fingerprint density at radius 3 is 0.770 bits per heavy atom. The first kappa shape index (κ1) is 83.1. The summed E-state index contributed by atoms with van der Waals surface area (Å²) in [6.45, 7) is 11.5. The molecule has 2 fully saturated rings. The highest BCUT2D eigenvalue weighted by atomic mass is 15.3. The molecule has 0 unspecified atom stereocenters. The molecule has 0 radical (unpaired) electrons. The molecule has 0 aliphatic carbocycles. The first-order chi connectivity index (χ1) is 62.0. The van der Waals surface area contributed by atoms with Crippen molar-refractivity contribution < 1.29 is 27.4 Å². The Morgan fingerprint density at radius 2 is 0.500 bits per heavy atom. The van der Waals surface area contributed by atoms with Crippen LogP contribution in [0.4, 0.5) is 103 Å². The van der Waals surface area contributed by atoms with Crippen LogP contribution in [0.5, 0.6) is 0 Å². The minimum Gasteiger partial charge on any atom is -0.372 e. The summed E-state index contributed by atoms with van der Waals surface area (Å²) in [5, 5.41) is 50.7. The van der Waals surface area contributed by atoms with Crippen LogP contribution in [-0.2, 0) is 80.5 Å². The van der Waals surface area contributed by atoms with Crippen molar-refractivity contribution >= 4 is 103 Å². The number of aromatic nitrogens is 14. The summed E-state index contributed by atoms with van der Waals surface area (Å²) < 4.78 is 29.8. The topological polar surface area (TPSA) is 216 Å². The van der Waals surface area contributed by atoms with E-state index in [1.807, 2.05) is 217 Å². The van der Waals surface area contributed by atoms with E-state index in [0.29, 0.717) is 0 Å². The van der Waals surface area contributed by atoms with Crippen LogP contribution in [0.15, 0.2) is 371 Å². The van der Waals surface area contributed by atoms with E-state index in [2.05, 4.69) is 277 Å². The molecule has 0 atom stereocenters. The third-order valence-corrected chi connectivity index (χ3v) is 22.8. The zero-order chi connectivity index (χ0) is 85.6. The number of rotatable bonds is 36. The third-order valence-electron chi connectivity index (χ3n) is 22.8. The highest BCUT2D eigenvalue weighted by Gasteiger charge is 2.22. The van der Waals surface area contributed by atoms with Crippen molar-refractivity contribution in [2.45, 2.75) is 104 Å². The van der Waals surface area contributed by atoms with Crippen molar-refractivity contribution in [1.29, 1.82) is 0 Å². The number of benzene rings is 8. The smallest absolute Gasteiger partial charge is 0.372 e. The van der Waals surface area contributed by atoms with Crippen molar-refractivity contribution in [1.82, 2.24) is 36.5 Å². The summed E-state index contributed by atoms with van der Waals surface area (Å²) in [6.07, 6.45) is 46.5. The fourth-order valence-corrected chi connectivity index (χ4v) is 15.8. The summed E-state index contributed by atoms with van der Waals surface area (Å²) in [6, 6.07) is 74.4. The lowest BCUT2D eigenvalue weighted by Crippen LogP contribution is -2.32. The maximum atomic E-state index is 4.64. The molecule has 18 rings (SSSR count). The van der Waals surface area contributed by atoms with Crippen LogP contribution in [0.1, 0.15) is 51.4 Å². The molecule has 0 bridgehead atoms. The van der Waals surface area contributed by atoms with Crippen molar-refractivity contribution in [2.75, 3.05) is 57.2 Å². The van der Waals surface area contributed by atoms with Crippen LogP contribution in [0.2, 0.25) is 0 Å². The van der Waals surface area contributed by atoms with E-state index >= 15 is 0 Å². The van der Waals surface area contributed by atoms with Gasteiger partial charge >= 0.3 is 23.8 Å². The molecule has 16 aromatic rings. The van der Waals surface area contributed by atoms with Crippen LogP contribution in [-0.4, -0.2) is 62.7 Å². The van der Waals surface area contributed by atoms with Gasteiger partial charge in [-0.3, -0.25) is 0 Å². The molecule has 2 saturated heterocycles. The number of hydrogen-bond acceptors (Lipinski definition) is 14. The lowest BCUT2D eigenvalue weighted by molar-refractivity contribution is -0.697. The van der Waals surface area contributed by atoms with Gasteiger partial charge in [0.25, 0.3) is 0 Å². The van der Waals surface area contributed by atoms with Crippen LogP contribution in [0.25, 0.3) is 11.4 Å². The van der Waals surface area contributed by atoms with Gasteiger partial charge in [-0.05, 0) is 244 Å². The minimum atomic E-state index is 0.793. The number of imidazole rings is 6. The van der Waals surface area contributed by atoms with Crippen LogP contribution >= 0.6 is 0 Å². The summed E-state index contributed by atoms with van der Waals surface area (Å²) in [4.78, 5) is 4.90. The Balaban J connectivity index is 0.000000178. The number of nitrogens with zero attached hydrogens (tertiary/aromatic N) is 24. The van der Waals surface area contributed by atoms with Gasteiger partial charge in [-0.25, -0.2) is 54.8 Å². The summed E-state index contributed by atoms with van der Waals surface area (Å²) in [5.74, 6) is 3.24. The Hall–Kier alpha value is -15.2. The predicted molar refractivity (Wildman–Crippen MR) is 493 cm³/mol. The standard InChI is InChI=1S/C49H57N14.C49H49N14/c2*1-56-33-37-62(48(56)54-52-44-13-9-40(10-14-44)50-42-17-21-46(22-18-42)60-27-3-4-28-60)31-7-25-58-35-36-59(39-58)26-8-32-63-38-34-57(2)49(63)55-53-45-15-11-41(12-16-45)51-43-19-23-47(24-20-43)61-29-5-6-30-61/h9-24,33-39H,3-8,25-32H2,1-2H3;3-6,9-24,27-30,33-39H,7-8,25-26,31-32H2,1-2H3/q2*+1/p+4. The average Bonchev–Trinajstić information content (AvgIpc) is 1.79. The molecule has 0 spiro atoms. The monoisotopic (exact) mass is 1680 g/mol. The van der Waals surface area contributed by atoms with Gasteiger partial charge in [0.15, 0.2) is 0 Å². The normalized spacial score (nSPS) is 12.9. The highest BCUT2D eigenvalue weighted by Crippen LogP contribution is 2.31. The van der Waals surface area contributed by atoms with E-state index in [4.69, 9.17) is 0 Å². The zero-order valence-electron chi connectivity index (χ0n) is 72.1. The molecule has 28 nitrogen and oxygen atoms in total. The van der Waals surface area contributed by atoms with Crippen molar-refractivity contribution in [3.05, 3.63) is 330 Å². The van der Waals surface area contributed by atoms with Crippen molar-refractivity contribution in [3.63, 3.8) is 0 Å². The molecule has 8 aromatic heterocycles. The Bertz CT molecular complexity index is 5850. The predicted octanol–water partition coefficient (Wildman–Crippen LogP) is 19.8. The van der Waals surface area contributed by atoms with Crippen molar-refractivity contribution in [3.8, 4) is 11.4 Å². The molecule has 28 heteroatoms. The molecule has 126 heavy (non-hydrogen) atoms. The lowest BCUT2D eigenvalue weighted by atomic mass is 10.2. The van der Waals surface area contributed by atoms with E-state index in [0.717, 1.165) is 208 Å². The molecular weight excluding hydrogens is 1570 g/mol. The van der Waals surface area contributed by atoms with Gasteiger partial charge in [0.1, 0.15) is 47.5 Å². The van der Waals surface area contributed by atoms with Crippen LogP contribution in [0, 0.1) is 0 Å². The number of aryl methyl sites for hydroxylation is 12. The Morgan fingerprint density at radius 1 is 0.254 bits per heavy atom. The van der Waals surface area contributed by atoms with E-state index in [-0.39, 0.29) is 0 Å². The largest absolute Gasteiger partial charge is 0.421 e. The SMILES string of the molecule is C[n+]1ccn(CCCn2cc[n+](CCCn3cc[n+](C)c3N=Nc3ccc(Nc4ccc(-n5cccc5)cc4)cc3)c2)c1N=Nc1ccc(Nc2ccc(-n3cccc3)cc2)cc1.C[n+]1ccn(CCCn2cc[n+](CCCn3cc[n+](C)c3N=Nc3ccc(Nc4ccc(N5CCCC5)cc4)cc3)c2)c1N=Nc1ccc(Nc2ccc(N3CCCC3)cc2)cc1. The number of hydrogen-bond donors (Lipinski definition) is 4. The van der Waals surface area contributed by atoms with E-state index in [9.17, 15) is 0 Å². The molecule has 0 saturated carbocycles. The second-order valence-electron chi connectivity index (χ2n) is 32.0. The molecule has 8 aromatic carbocycles. The maximum Gasteiger partial charge on any atom is 0.421 e. The molecule has 10 heterocycles. The van der Waals surface area contributed by atoms with Gasteiger partial charge in [-0.1, -0.05) is 20.5 Å². The van der Waals surface area contributed by atoms with Gasteiger partial charge in [0.05, 0.1) is 130 Å². The molecule has 4 N–H and O–H groups in total. The fraction of sp³-hybridized carbons (Fsp3) is 0.245. The Labute approximate surface area is 734 Å². The molecular formula is C98H110N28+6. The van der Waals surface area contributed by atoms with Crippen LogP contribution < -0.4 is 58.5 Å². The number of azo groups is 4. The summed E-state index contributed by atoms with van der Waals surface area (Å²) >= 11 is 0. The third kappa shape index (κ3) is 22.2. The van der Waals surface area contributed by atoms with E-state index in [1.54, 1.807) is 0 Å². The van der Waals surface area contributed by atoms with Crippen molar-refractivity contribution in [2.24, 2.45) is 69.1 Å². The van der Waals surface area contributed by atoms with Gasteiger partial charge in [-0.2, -0.15) is 0 Å². The molecule has 636 valence electrons. The first-order valence-electron chi connectivity index (χ1n) is 43.6. The van der Waals surface area contributed by atoms with Gasteiger partial charge in [0, 0.05) is 165 Å². The summed E-state index contributed by atoms with van der Waals surface area (Å²) in [5.41, 5.74) is 16.3. The second kappa shape index (κ2) is 40.6. The lowest BCUT2D eigenvalue weighted by Gasteiger charge is -2.18. The van der Waals surface area contributed by atoms with Crippen LogP contribution in [0.3, 0.4) is 0 Å². The van der Waals surface area contributed by atoms with Gasteiger partial charge in [0.2, 0.25) is 12.7 Å². The number of nitrogens with one attached hydrogen (secondary N) is 4.